The van der Waals surface area contributed by atoms with Crippen LogP contribution in [-0.2, 0) is 20.0 Å². The summed E-state index contributed by atoms with van der Waals surface area (Å²) in [5.41, 5.74) is 4.66. The van der Waals surface area contributed by atoms with E-state index < -0.39 is 0 Å². The molecule has 2 aromatic carbocycles. The highest BCUT2D eigenvalue weighted by Crippen LogP contribution is 2.38. The molecule has 0 aliphatic rings. The van der Waals surface area contributed by atoms with Gasteiger partial charge in [-0.05, 0) is 47.9 Å². The Labute approximate surface area is 217 Å². The predicted octanol–water partition coefficient (Wildman–Crippen LogP) is 5.13. The van der Waals surface area contributed by atoms with Gasteiger partial charge in [0.2, 0.25) is 5.75 Å². The Hall–Kier alpha value is -4.27. The van der Waals surface area contributed by atoms with Crippen LogP contribution in [0.15, 0.2) is 36.4 Å². The van der Waals surface area contributed by atoms with E-state index in [1.165, 1.54) is 0 Å². The highest BCUT2D eigenvalue weighted by Gasteiger charge is 2.17. The lowest BCUT2D eigenvalue weighted by molar-refractivity contribution is 0.324. The summed E-state index contributed by atoms with van der Waals surface area (Å²) in [5, 5.41) is 8.21. The van der Waals surface area contributed by atoms with E-state index >= 15 is 0 Å². The number of hydrogen-bond acceptors (Lipinski definition) is 8. The first-order chi connectivity index (χ1) is 18.0. The van der Waals surface area contributed by atoms with Gasteiger partial charge in [-0.1, -0.05) is 31.6 Å². The van der Waals surface area contributed by atoms with Crippen molar-refractivity contribution in [3.05, 3.63) is 59.0 Å². The zero-order chi connectivity index (χ0) is 26.4. The van der Waals surface area contributed by atoms with E-state index in [1.54, 1.807) is 28.4 Å². The highest BCUT2D eigenvalue weighted by molar-refractivity contribution is 5.89. The first-order valence-corrected chi connectivity index (χ1v) is 12.1. The molecule has 0 saturated carbocycles. The minimum Gasteiger partial charge on any atom is -0.497 e. The molecule has 0 bridgehead atoms. The second-order valence-electron chi connectivity index (χ2n) is 8.44. The first kappa shape index (κ1) is 25.8. The number of fused-ring (bicyclic) bond motifs is 1. The molecule has 2 heterocycles. The standard InChI is InChI=1S/C28H33N5O4/c1-7-8-21-25-26(33(2)32-21)28(29-17-18-9-12-20(34-3)13-10-18)31-24(30-25)14-11-19-15-22(35-4)27(37-6)23(16-19)36-5/h9-16H,7-8,17H2,1-6H3,(H,29,30,31)/b14-11+. The fraction of sp³-hybridized carbons (Fsp3) is 0.321. The molecule has 0 aliphatic heterocycles. The fourth-order valence-corrected chi connectivity index (χ4v) is 4.16. The van der Waals surface area contributed by atoms with Crippen molar-refractivity contribution in [2.24, 2.45) is 7.05 Å². The molecule has 4 rings (SSSR count). The summed E-state index contributed by atoms with van der Waals surface area (Å²) in [5.74, 6) is 3.83. The van der Waals surface area contributed by atoms with Crippen molar-refractivity contribution in [2.75, 3.05) is 33.8 Å². The van der Waals surface area contributed by atoms with Crippen molar-refractivity contribution in [3.63, 3.8) is 0 Å². The van der Waals surface area contributed by atoms with Gasteiger partial charge < -0.3 is 24.3 Å². The zero-order valence-electron chi connectivity index (χ0n) is 22.2. The van der Waals surface area contributed by atoms with Crippen molar-refractivity contribution in [1.82, 2.24) is 19.7 Å². The van der Waals surface area contributed by atoms with Crippen molar-refractivity contribution in [2.45, 2.75) is 26.3 Å². The molecular formula is C28H33N5O4. The number of benzene rings is 2. The molecule has 0 aliphatic carbocycles. The van der Waals surface area contributed by atoms with Crippen LogP contribution < -0.4 is 24.3 Å². The Balaban J connectivity index is 1.72. The minimum absolute atomic E-state index is 0.546. The quantitative estimate of drug-likeness (QED) is 0.301. The van der Waals surface area contributed by atoms with Crippen LogP contribution in [-0.4, -0.2) is 48.2 Å². The SMILES string of the molecule is CCCc1nn(C)c2c(NCc3ccc(OC)cc3)nc(/C=C/c3cc(OC)c(OC)c(OC)c3)nc12. The van der Waals surface area contributed by atoms with E-state index in [-0.39, 0.29) is 0 Å². The van der Waals surface area contributed by atoms with Crippen LogP contribution >= 0.6 is 0 Å². The fourth-order valence-electron chi connectivity index (χ4n) is 4.16. The van der Waals surface area contributed by atoms with E-state index in [9.17, 15) is 0 Å². The van der Waals surface area contributed by atoms with Crippen LogP contribution in [0.3, 0.4) is 0 Å². The molecule has 9 nitrogen and oxygen atoms in total. The van der Waals surface area contributed by atoms with Gasteiger partial charge in [-0.2, -0.15) is 5.10 Å². The Morgan fingerprint density at radius 2 is 1.59 bits per heavy atom. The van der Waals surface area contributed by atoms with Gasteiger partial charge in [-0.3, -0.25) is 4.68 Å². The third-order valence-corrected chi connectivity index (χ3v) is 5.99. The maximum absolute atomic E-state index is 5.48. The Morgan fingerprint density at radius 1 is 0.892 bits per heavy atom. The molecule has 0 saturated heterocycles. The molecular weight excluding hydrogens is 470 g/mol. The van der Waals surface area contributed by atoms with Gasteiger partial charge in [0, 0.05) is 13.6 Å². The molecule has 0 fully saturated rings. The average Bonchev–Trinajstić information content (AvgIpc) is 3.25. The second-order valence-corrected chi connectivity index (χ2v) is 8.44. The number of hydrogen-bond donors (Lipinski definition) is 1. The molecule has 2 aromatic heterocycles. The topological polar surface area (TPSA) is 92.6 Å². The van der Waals surface area contributed by atoms with Crippen LogP contribution in [0.1, 0.15) is 36.0 Å². The number of anilines is 1. The van der Waals surface area contributed by atoms with Crippen LogP contribution in [0.2, 0.25) is 0 Å². The Bertz CT molecular complexity index is 1370. The van der Waals surface area contributed by atoms with Crippen molar-refractivity contribution >= 4 is 29.0 Å². The maximum atomic E-state index is 5.48. The number of nitrogens with zero attached hydrogens (tertiary/aromatic N) is 4. The third-order valence-electron chi connectivity index (χ3n) is 5.99. The predicted molar refractivity (Wildman–Crippen MR) is 146 cm³/mol. The number of aryl methyl sites for hydroxylation is 2. The molecule has 37 heavy (non-hydrogen) atoms. The second kappa shape index (κ2) is 11.6. The number of methoxy groups -OCH3 is 4. The summed E-state index contributed by atoms with van der Waals surface area (Å²) in [6.07, 6.45) is 5.61. The van der Waals surface area contributed by atoms with Gasteiger partial charge in [-0.15, -0.1) is 0 Å². The zero-order valence-corrected chi connectivity index (χ0v) is 22.2. The van der Waals surface area contributed by atoms with Gasteiger partial charge in [0.15, 0.2) is 23.1 Å². The highest BCUT2D eigenvalue weighted by atomic mass is 16.5. The van der Waals surface area contributed by atoms with E-state index in [0.29, 0.717) is 29.6 Å². The van der Waals surface area contributed by atoms with Crippen LogP contribution in [0.5, 0.6) is 23.0 Å². The Morgan fingerprint density at radius 3 is 2.19 bits per heavy atom. The van der Waals surface area contributed by atoms with Crippen LogP contribution in [0.4, 0.5) is 5.82 Å². The summed E-state index contributed by atoms with van der Waals surface area (Å²) in [6.45, 7) is 2.73. The molecule has 9 heteroatoms. The van der Waals surface area contributed by atoms with Crippen molar-refractivity contribution < 1.29 is 18.9 Å². The van der Waals surface area contributed by atoms with Gasteiger partial charge in [-0.25, -0.2) is 9.97 Å². The lowest BCUT2D eigenvalue weighted by atomic mass is 10.1. The van der Waals surface area contributed by atoms with Gasteiger partial charge in [0.1, 0.15) is 16.8 Å². The number of aromatic nitrogens is 4. The van der Waals surface area contributed by atoms with Crippen LogP contribution in [0.25, 0.3) is 23.2 Å². The molecule has 0 unspecified atom stereocenters. The molecule has 4 aromatic rings. The van der Waals surface area contributed by atoms with Gasteiger partial charge >= 0.3 is 0 Å². The average molecular weight is 504 g/mol. The lowest BCUT2D eigenvalue weighted by Gasteiger charge is -2.13. The summed E-state index contributed by atoms with van der Waals surface area (Å²) in [6, 6.07) is 11.7. The molecule has 0 amide bonds. The van der Waals surface area contributed by atoms with Crippen LogP contribution in [0, 0.1) is 0 Å². The lowest BCUT2D eigenvalue weighted by Crippen LogP contribution is -2.06. The van der Waals surface area contributed by atoms with E-state index in [2.05, 4.69) is 12.2 Å². The largest absolute Gasteiger partial charge is 0.497 e. The van der Waals surface area contributed by atoms with E-state index in [1.807, 2.05) is 60.3 Å². The summed E-state index contributed by atoms with van der Waals surface area (Å²) >= 11 is 0. The smallest absolute Gasteiger partial charge is 0.203 e. The molecule has 194 valence electrons. The van der Waals surface area contributed by atoms with Gasteiger partial charge in [0.05, 0.1) is 34.1 Å². The summed E-state index contributed by atoms with van der Waals surface area (Å²) in [4.78, 5) is 9.70. The van der Waals surface area contributed by atoms with Crippen molar-refractivity contribution in [3.8, 4) is 23.0 Å². The van der Waals surface area contributed by atoms with E-state index in [0.717, 1.165) is 52.3 Å². The normalized spacial score (nSPS) is 11.2. The van der Waals surface area contributed by atoms with E-state index in [4.69, 9.17) is 34.0 Å². The monoisotopic (exact) mass is 503 g/mol. The molecule has 0 atom stereocenters. The number of rotatable bonds is 11. The number of ether oxygens (including phenoxy) is 4. The Kier molecular flexibility index (Phi) is 8.12. The summed E-state index contributed by atoms with van der Waals surface area (Å²) < 4.78 is 23.5. The first-order valence-electron chi connectivity index (χ1n) is 12.1. The van der Waals surface area contributed by atoms with Crippen molar-refractivity contribution in [1.29, 1.82) is 0 Å². The maximum Gasteiger partial charge on any atom is 0.203 e. The minimum atomic E-state index is 0.546. The summed E-state index contributed by atoms with van der Waals surface area (Å²) in [7, 11) is 8.37. The van der Waals surface area contributed by atoms with Gasteiger partial charge in [0.25, 0.3) is 0 Å². The molecule has 0 spiro atoms. The molecule has 1 N–H and O–H groups in total. The third kappa shape index (κ3) is 5.61. The molecule has 0 radical (unpaired) electrons. The number of nitrogens with one attached hydrogen (secondary N) is 1.